The first-order valence-electron chi connectivity index (χ1n) is 9.96. The van der Waals surface area contributed by atoms with Crippen LogP contribution in [-0.4, -0.2) is 57.9 Å². The lowest BCUT2D eigenvalue weighted by Crippen LogP contribution is -2.50. The van der Waals surface area contributed by atoms with Crippen molar-refractivity contribution >= 4 is 23.4 Å². The van der Waals surface area contributed by atoms with Crippen LogP contribution in [0.15, 0.2) is 47.0 Å². The second-order valence-corrected chi connectivity index (χ2v) is 7.66. The first kappa shape index (κ1) is 21.8. The summed E-state index contributed by atoms with van der Waals surface area (Å²) < 4.78 is 23.7. The molecular weight excluding hydrogens is 439 g/mol. The molecule has 2 heterocycles. The zero-order valence-electron chi connectivity index (χ0n) is 17.3. The quantitative estimate of drug-likeness (QED) is 0.582. The predicted octanol–water partition coefficient (Wildman–Crippen LogP) is 3.35. The molecule has 1 aliphatic rings. The van der Waals surface area contributed by atoms with Gasteiger partial charge in [0.25, 0.3) is 11.8 Å². The lowest BCUT2D eigenvalue weighted by atomic mass is 10.1. The summed E-state index contributed by atoms with van der Waals surface area (Å²) in [5.74, 6) is 0.584. The van der Waals surface area contributed by atoms with E-state index in [1.54, 1.807) is 41.0 Å². The Morgan fingerprint density at radius 2 is 1.72 bits per heavy atom. The SMILES string of the molecule is Cc1nc(COc2ccc(C(=O)N3CCN(C(=O)c4ccc(F)cc4Cl)CC3)cc2)no1. The summed E-state index contributed by atoms with van der Waals surface area (Å²) in [5.41, 5.74) is 0.772. The zero-order chi connectivity index (χ0) is 22.7. The lowest BCUT2D eigenvalue weighted by Gasteiger charge is -2.35. The van der Waals surface area contributed by atoms with E-state index in [0.29, 0.717) is 49.2 Å². The summed E-state index contributed by atoms with van der Waals surface area (Å²) in [6.45, 7) is 3.37. The van der Waals surface area contributed by atoms with Gasteiger partial charge in [0.05, 0.1) is 10.6 Å². The highest BCUT2D eigenvalue weighted by Gasteiger charge is 2.26. The molecule has 8 nitrogen and oxygen atoms in total. The van der Waals surface area contributed by atoms with E-state index in [0.717, 1.165) is 6.07 Å². The van der Waals surface area contributed by atoms with Crippen molar-refractivity contribution in [2.45, 2.75) is 13.5 Å². The average molecular weight is 459 g/mol. The van der Waals surface area contributed by atoms with E-state index >= 15 is 0 Å². The molecule has 0 aliphatic carbocycles. The van der Waals surface area contributed by atoms with Crippen LogP contribution in [0.3, 0.4) is 0 Å². The fourth-order valence-corrected chi connectivity index (χ4v) is 3.62. The second-order valence-electron chi connectivity index (χ2n) is 7.25. The molecule has 3 aromatic rings. The van der Waals surface area contributed by atoms with Gasteiger partial charge in [-0.3, -0.25) is 9.59 Å². The van der Waals surface area contributed by atoms with Crippen molar-refractivity contribution in [1.82, 2.24) is 19.9 Å². The van der Waals surface area contributed by atoms with Crippen LogP contribution in [-0.2, 0) is 6.61 Å². The molecule has 0 saturated carbocycles. The number of benzene rings is 2. The fraction of sp³-hybridized carbons (Fsp3) is 0.273. The van der Waals surface area contributed by atoms with Gasteiger partial charge >= 0.3 is 0 Å². The fourth-order valence-electron chi connectivity index (χ4n) is 3.37. The minimum absolute atomic E-state index is 0.0743. The van der Waals surface area contributed by atoms with Crippen molar-refractivity contribution < 1.29 is 23.2 Å². The third-order valence-electron chi connectivity index (χ3n) is 5.05. The van der Waals surface area contributed by atoms with Crippen LogP contribution in [0.1, 0.15) is 32.4 Å². The van der Waals surface area contributed by atoms with Crippen molar-refractivity contribution in [2.24, 2.45) is 0 Å². The number of hydrogen-bond donors (Lipinski definition) is 0. The third-order valence-corrected chi connectivity index (χ3v) is 5.37. The largest absolute Gasteiger partial charge is 0.485 e. The van der Waals surface area contributed by atoms with Crippen LogP contribution in [0.25, 0.3) is 0 Å². The number of aromatic nitrogens is 2. The Bertz CT molecular complexity index is 1130. The Kier molecular flexibility index (Phi) is 6.36. The van der Waals surface area contributed by atoms with Crippen molar-refractivity contribution in [1.29, 1.82) is 0 Å². The summed E-state index contributed by atoms with van der Waals surface area (Å²) in [4.78, 5) is 32.8. The Balaban J connectivity index is 1.31. The molecule has 0 N–H and O–H groups in total. The van der Waals surface area contributed by atoms with Crippen molar-refractivity contribution in [3.63, 3.8) is 0 Å². The summed E-state index contributed by atoms with van der Waals surface area (Å²) in [7, 11) is 0. The van der Waals surface area contributed by atoms with Crippen LogP contribution in [0.4, 0.5) is 4.39 Å². The molecule has 1 fully saturated rings. The molecule has 0 radical (unpaired) electrons. The minimum Gasteiger partial charge on any atom is -0.485 e. The number of ether oxygens (including phenoxy) is 1. The molecule has 2 amide bonds. The van der Waals surface area contributed by atoms with Crippen molar-refractivity contribution in [3.8, 4) is 5.75 Å². The molecular formula is C22H20ClFN4O4. The highest BCUT2D eigenvalue weighted by Crippen LogP contribution is 2.21. The summed E-state index contributed by atoms with van der Waals surface area (Å²) in [6.07, 6.45) is 0. The van der Waals surface area contributed by atoms with Crippen LogP contribution in [0.5, 0.6) is 5.75 Å². The highest BCUT2D eigenvalue weighted by molar-refractivity contribution is 6.33. The van der Waals surface area contributed by atoms with Crippen LogP contribution >= 0.6 is 11.6 Å². The van der Waals surface area contributed by atoms with Gasteiger partial charge in [-0.05, 0) is 42.5 Å². The van der Waals surface area contributed by atoms with Gasteiger partial charge < -0.3 is 19.1 Å². The highest BCUT2D eigenvalue weighted by atomic mass is 35.5. The number of aryl methyl sites for hydroxylation is 1. The van der Waals surface area contributed by atoms with E-state index in [1.807, 2.05) is 0 Å². The average Bonchev–Trinajstić information content (AvgIpc) is 3.22. The topological polar surface area (TPSA) is 88.8 Å². The monoisotopic (exact) mass is 458 g/mol. The summed E-state index contributed by atoms with van der Waals surface area (Å²) in [5, 5.41) is 3.83. The van der Waals surface area contributed by atoms with Gasteiger partial charge in [0.15, 0.2) is 6.61 Å². The van der Waals surface area contributed by atoms with Crippen LogP contribution in [0.2, 0.25) is 5.02 Å². The molecule has 0 spiro atoms. The lowest BCUT2D eigenvalue weighted by molar-refractivity contribution is 0.0535. The Labute approximate surface area is 188 Å². The minimum atomic E-state index is -0.497. The molecule has 1 aliphatic heterocycles. The molecule has 2 aromatic carbocycles. The maximum atomic E-state index is 13.2. The smallest absolute Gasteiger partial charge is 0.255 e. The van der Waals surface area contributed by atoms with Gasteiger partial charge in [0.1, 0.15) is 11.6 Å². The van der Waals surface area contributed by atoms with E-state index in [9.17, 15) is 14.0 Å². The van der Waals surface area contributed by atoms with E-state index < -0.39 is 5.82 Å². The van der Waals surface area contributed by atoms with E-state index in [-0.39, 0.29) is 29.0 Å². The number of carbonyl (C=O) groups is 2. The molecule has 166 valence electrons. The van der Waals surface area contributed by atoms with Gasteiger partial charge in [0.2, 0.25) is 11.7 Å². The number of amides is 2. The third kappa shape index (κ3) is 4.88. The van der Waals surface area contributed by atoms with Gasteiger partial charge in [-0.2, -0.15) is 4.98 Å². The molecule has 0 bridgehead atoms. The van der Waals surface area contributed by atoms with Crippen LogP contribution in [0, 0.1) is 12.7 Å². The molecule has 0 unspecified atom stereocenters. The number of rotatable bonds is 5. The normalized spacial score (nSPS) is 13.8. The molecule has 1 aromatic heterocycles. The van der Waals surface area contributed by atoms with E-state index in [2.05, 4.69) is 10.1 Å². The number of hydrogen-bond acceptors (Lipinski definition) is 6. The van der Waals surface area contributed by atoms with Gasteiger partial charge in [-0.1, -0.05) is 16.8 Å². The molecule has 10 heteroatoms. The number of halogens is 2. The molecule has 0 atom stereocenters. The Morgan fingerprint density at radius 3 is 2.31 bits per heavy atom. The zero-order valence-corrected chi connectivity index (χ0v) is 18.0. The van der Waals surface area contributed by atoms with Gasteiger partial charge in [-0.15, -0.1) is 0 Å². The van der Waals surface area contributed by atoms with Crippen molar-refractivity contribution in [3.05, 3.63) is 76.1 Å². The summed E-state index contributed by atoms with van der Waals surface area (Å²) >= 11 is 6.00. The van der Waals surface area contributed by atoms with Crippen molar-refractivity contribution in [2.75, 3.05) is 26.2 Å². The predicted molar refractivity (Wildman–Crippen MR) is 113 cm³/mol. The first-order valence-corrected chi connectivity index (χ1v) is 10.3. The molecule has 1 saturated heterocycles. The number of carbonyl (C=O) groups excluding carboxylic acids is 2. The second kappa shape index (κ2) is 9.35. The number of piperazine rings is 1. The summed E-state index contributed by atoms with van der Waals surface area (Å²) in [6, 6.07) is 10.5. The molecule has 4 rings (SSSR count). The van der Waals surface area contributed by atoms with Gasteiger partial charge in [0, 0.05) is 38.7 Å². The number of nitrogens with zero attached hydrogens (tertiary/aromatic N) is 4. The molecule has 32 heavy (non-hydrogen) atoms. The van der Waals surface area contributed by atoms with Crippen LogP contribution < -0.4 is 4.74 Å². The Morgan fingerprint density at radius 1 is 1.06 bits per heavy atom. The first-order chi connectivity index (χ1) is 15.4. The standard InChI is InChI=1S/C22H20ClFN4O4/c1-14-25-20(26-32-14)13-31-17-5-2-15(3-6-17)21(29)27-8-10-28(11-9-27)22(30)18-7-4-16(24)12-19(18)23/h2-7,12H,8-11,13H2,1H3. The Hall–Kier alpha value is -3.46. The van der Waals surface area contributed by atoms with E-state index in [1.165, 1.54) is 12.1 Å². The maximum Gasteiger partial charge on any atom is 0.255 e. The van der Waals surface area contributed by atoms with E-state index in [4.69, 9.17) is 20.9 Å². The maximum absolute atomic E-state index is 13.2. The van der Waals surface area contributed by atoms with Gasteiger partial charge in [-0.25, -0.2) is 4.39 Å².